The van der Waals surface area contributed by atoms with E-state index in [1.807, 2.05) is 13.8 Å². The van der Waals surface area contributed by atoms with Crippen LogP contribution >= 0.6 is 34.8 Å². The molecule has 0 aromatic heterocycles. The molecule has 186 valence electrons. The molecule has 4 rings (SSSR count). The smallest absolute Gasteiger partial charge is 0.198 e. The van der Waals surface area contributed by atoms with Gasteiger partial charge in [0, 0.05) is 16.5 Å². The second-order valence-electron chi connectivity index (χ2n) is 11.2. The third kappa shape index (κ3) is 3.30. The topological polar surface area (TPSA) is 83.8 Å². The SMILES string of the molecule is C=C1CC[C@H](Cl)C(C)(C)[C@@H]1C[C@@]12OC(C)(C)[C@H](Cl)C[C@]1(Cl)C(=O)c1c(cc(O)c(C)c1O)C2=O. The summed E-state index contributed by atoms with van der Waals surface area (Å²) in [6.45, 7) is 13.3. The maximum Gasteiger partial charge on any atom is 0.198 e. The van der Waals surface area contributed by atoms with Crippen LogP contribution in [0.15, 0.2) is 18.2 Å². The molecule has 2 aliphatic carbocycles. The van der Waals surface area contributed by atoms with Crippen LogP contribution in [0.25, 0.3) is 0 Å². The molecule has 3 aliphatic rings. The van der Waals surface area contributed by atoms with Crippen LogP contribution in [-0.2, 0) is 4.74 Å². The Kier molecular flexibility index (Phi) is 5.97. The molecule has 1 aliphatic heterocycles. The van der Waals surface area contributed by atoms with Crippen LogP contribution in [0, 0.1) is 18.3 Å². The molecule has 1 aromatic rings. The number of phenolic OH excluding ortho intramolecular Hbond substituents is 2. The summed E-state index contributed by atoms with van der Waals surface area (Å²) in [4.78, 5) is 26.5. The molecule has 1 heterocycles. The molecule has 5 atom stereocenters. The number of hydrogen-bond acceptors (Lipinski definition) is 5. The summed E-state index contributed by atoms with van der Waals surface area (Å²) in [5.41, 5.74) is -2.51. The lowest BCUT2D eigenvalue weighted by Crippen LogP contribution is -2.73. The van der Waals surface area contributed by atoms with Gasteiger partial charge in [-0.05, 0) is 63.9 Å². The maximum absolute atomic E-state index is 14.3. The number of alkyl halides is 3. The summed E-state index contributed by atoms with van der Waals surface area (Å²) in [5.74, 6) is -2.20. The normalized spacial score (nSPS) is 36.7. The van der Waals surface area contributed by atoms with E-state index >= 15 is 0 Å². The van der Waals surface area contributed by atoms with Crippen LogP contribution in [0.1, 0.15) is 79.7 Å². The number of carbonyl (C=O) groups is 2. The lowest BCUT2D eigenvalue weighted by Gasteiger charge is -2.59. The van der Waals surface area contributed by atoms with Crippen molar-refractivity contribution in [2.75, 3.05) is 0 Å². The number of aromatic hydroxyl groups is 2. The zero-order valence-corrected chi connectivity index (χ0v) is 22.4. The Labute approximate surface area is 215 Å². The van der Waals surface area contributed by atoms with Crippen LogP contribution < -0.4 is 0 Å². The van der Waals surface area contributed by atoms with Crippen molar-refractivity contribution >= 4 is 46.4 Å². The second kappa shape index (κ2) is 7.86. The molecule has 0 unspecified atom stereocenters. The number of Topliss-reactive ketones (excluding diaryl/α,β-unsaturated/α-hetero) is 2. The molecule has 0 radical (unpaired) electrons. The van der Waals surface area contributed by atoms with Crippen molar-refractivity contribution in [3.63, 3.8) is 0 Å². The number of halogens is 3. The maximum atomic E-state index is 14.3. The average molecular weight is 530 g/mol. The Hall–Kier alpha value is -1.27. The van der Waals surface area contributed by atoms with Crippen molar-refractivity contribution in [3.8, 4) is 11.5 Å². The first kappa shape index (κ1) is 25.8. The largest absolute Gasteiger partial charge is 0.508 e. The quantitative estimate of drug-likeness (QED) is 0.347. The molecule has 2 N–H and O–H groups in total. The first-order chi connectivity index (χ1) is 15.5. The minimum atomic E-state index is -1.85. The number of carbonyl (C=O) groups excluding carboxylic acids is 2. The van der Waals surface area contributed by atoms with E-state index in [2.05, 4.69) is 6.58 Å². The number of hydrogen-bond donors (Lipinski definition) is 2. The zero-order chi connectivity index (χ0) is 25.6. The van der Waals surface area contributed by atoms with Crippen LogP contribution in [0.3, 0.4) is 0 Å². The third-order valence-electron chi connectivity index (χ3n) is 8.43. The minimum absolute atomic E-state index is 0.0313. The van der Waals surface area contributed by atoms with Gasteiger partial charge >= 0.3 is 0 Å². The molecule has 2 fully saturated rings. The molecule has 0 amide bonds. The predicted octanol–water partition coefficient (Wildman–Crippen LogP) is 6.30. The van der Waals surface area contributed by atoms with Gasteiger partial charge in [0.15, 0.2) is 17.2 Å². The van der Waals surface area contributed by atoms with E-state index in [1.54, 1.807) is 13.8 Å². The fourth-order valence-corrected chi connectivity index (χ4v) is 6.99. The van der Waals surface area contributed by atoms with Gasteiger partial charge in [0.05, 0.1) is 16.5 Å². The third-order valence-corrected chi connectivity index (χ3v) is 10.5. The summed E-state index contributed by atoms with van der Waals surface area (Å²) < 4.78 is 6.53. The van der Waals surface area contributed by atoms with Crippen molar-refractivity contribution in [2.45, 2.75) is 87.1 Å². The first-order valence-corrected chi connectivity index (χ1v) is 12.8. The van der Waals surface area contributed by atoms with Crippen molar-refractivity contribution in [1.29, 1.82) is 0 Å². The van der Waals surface area contributed by atoms with Crippen molar-refractivity contribution in [1.82, 2.24) is 0 Å². The molecular weight excluding hydrogens is 499 g/mol. The molecule has 0 bridgehead atoms. The van der Waals surface area contributed by atoms with Gasteiger partial charge in [0.2, 0.25) is 0 Å². The summed E-state index contributed by atoms with van der Waals surface area (Å²) in [6, 6.07) is 1.22. The van der Waals surface area contributed by atoms with E-state index in [0.29, 0.717) is 6.42 Å². The first-order valence-electron chi connectivity index (χ1n) is 11.5. The number of allylic oxidation sites excluding steroid dienone is 1. The van der Waals surface area contributed by atoms with E-state index in [-0.39, 0.29) is 46.6 Å². The van der Waals surface area contributed by atoms with Crippen molar-refractivity contribution in [3.05, 3.63) is 34.9 Å². The van der Waals surface area contributed by atoms with Gasteiger partial charge in [-0.15, -0.1) is 34.8 Å². The highest BCUT2D eigenvalue weighted by atomic mass is 35.5. The Morgan fingerprint density at radius 3 is 2.35 bits per heavy atom. The summed E-state index contributed by atoms with van der Waals surface area (Å²) in [7, 11) is 0. The van der Waals surface area contributed by atoms with Gasteiger partial charge in [-0.3, -0.25) is 9.59 Å². The van der Waals surface area contributed by atoms with Gasteiger partial charge in [-0.25, -0.2) is 0 Å². The number of fused-ring (bicyclic) bond motifs is 2. The van der Waals surface area contributed by atoms with Crippen molar-refractivity contribution < 1.29 is 24.5 Å². The van der Waals surface area contributed by atoms with Gasteiger partial charge in [0.25, 0.3) is 0 Å². The van der Waals surface area contributed by atoms with Crippen LogP contribution in [0.2, 0.25) is 0 Å². The van der Waals surface area contributed by atoms with Gasteiger partial charge in [0.1, 0.15) is 16.4 Å². The fraction of sp³-hybridized carbons (Fsp3) is 0.615. The molecule has 5 nitrogen and oxygen atoms in total. The summed E-state index contributed by atoms with van der Waals surface area (Å²) in [5, 5.41) is 20.3. The minimum Gasteiger partial charge on any atom is -0.508 e. The molecule has 1 saturated heterocycles. The second-order valence-corrected chi connectivity index (χ2v) is 12.9. The van der Waals surface area contributed by atoms with Crippen LogP contribution in [0.4, 0.5) is 0 Å². The number of ketones is 2. The van der Waals surface area contributed by atoms with Gasteiger partial charge in [-0.2, -0.15) is 0 Å². The molecule has 8 heteroatoms. The molecule has 1 aromatic carbocycles. The predicted molar refractivity (Wildman–Crippen MR) is 134 cm³/mol. The van der Waals surface area contributed by atoms with E-state index in [1.165, 1.54) is 13.0 Å². The average Bonchev–Trinajstić information content (AvgIpc) is 2.74. The van der Waals surface area contributed by atoms with Gasteiger partial charge < -0.3 is 14.9 Å². The Morgan fingerprint density at radius 2 is 1.74 bits per heavy atom. The Balaban J connectivity index is 1.99. The van der Waals surface area contributed by atoms with Crippen LogP contribution in [0.5, 0.6) is 11.5 Å². The lowest BCUT2D eigenvalue weighted by atomic mass is 9.56. The highest BCUT2D eigenvalue weighted by Gasteiger charge is 2.71. The Bertz CT molecular complexity index is 1110. The van der Waals surface area contributed by atoms with E-state index in [0.717, 1.165) is 12.0 Å². The molecular formula is C26H31Cl3O5. The summed E-state index contributed by atoms with van der Waals surface area (Å²) >= 11 is 20.5. The summed E-state index contributed by atoms with van der Waals surface area (Å²) in [6.07, 6.45) is 1.50. The van der Waals surface area contributed by atoms with E-state index in [9.17, 15) is 19.8 Å². The highest BCUT2D eigenvalue weighted by molar-refractivity contribution is 6.45. The van der Waals surface area contributed by atoms with Crippen LogP contribution in [-0.4, -0.2) is 48.6 Å². The highest BCUT2D eigenvalue weighted by Crippen LogP contribution is 2.60. The zero-order valence-electron chi connectivity index (χ0n) is 20.1. The van der Waals surface area contributed by atoms with E-state index in [4.69, 9.17) is 39.5 Å². The lowest BCUT2D eigenvalue weighted by molar-refractivity contribution is -0.169. The number of rotatable bonds is 2. The molecule has 34 heavy (non-hydrogen) atoms. The number of ether oxygens (including phenoxy) is 1. The van der Waals surface area contributed by atoms with Crippen molar-refractivity contribution in [2.24, 2.45) is 11.3 Å². The standard InChI is InChI=1S/C26H31Cl3O5/c1-12-7-8-17(27)23(3,4)15(12)10-26-21(32)14-9-16(30)13(2)20(31)19(14)22(33)25(26,29)11-18(28)24(5,6)34-26/h9,15,17-18,30-31H,1,7-8,10-11H2,2-6H3/t15-,17+,18-,25+,26+/m1/s1. The number of benzene rings is 1. The van der Waals surface area contributed by atoms with Gasteiger partial charge in [-0.1, -0.05) is 26.0 Å². The number of phenols is 2. The molecule has 1 saturated carbocycles. The fourth-order valence-electron chi connectivity index (χ4n) is 5.93. The van der Waals surface area contributed by atoms with E-state index < -0.39 is 44.2 Å². The molecule has 0 spiro atoms. The monoisotopic (exact) mass is 528 g/mol. The Morgan fingerprint density at radius 1 is 1.12 bits per heavy atom.